The molecule has 4 nitrogen and oxygen atoms in total. The van der Waals surface area contributed by atoms with Crippen LogP contribution in [0.5, 0.6) is 0 Å². The number of ether oxygens (including phenoxy) is 1. The average molecular weight is 330 g/mol. The van der Waals surface area contributed by atoms with E-state index in [1.54, 1.807) is 6.07 Å². The SMILES string of the molecule is CCCNc1nc(NC2CCOC2C2CC2)c(Cl)cc1Cl. The molecule has 1 aromatic heterocycles. The van der Waals surface area contributed by atoms with E-state index in [4.69, 9.17) is 27.9 Å². The summed E-state index contributed by atoms with van der Waals surface area (Å²) in [5.74, 6) is 2.09. The molecule has 2 aliphatic rings. The lowest BCUT2D eigenvalue weighted by atomic mass is 10.1. The highest BCUT2D eigenvalue weighted by molar-refractivity contribution is 6.37. The van der Waals surface area contributed by atoms with Gasteiger partial charge in [0.05, 0.1) is 22.2 Å². The third-order valence-corrected chi connectivity index (χ3v) is 4.59. The molecule has 6 heteroatoms. The minimum absolute atomic E-state index is 0.294. The van der Waals surface area contributed by atoms with Gasteiger partial charge in [-0.25, -0.2) is 4.98 Å². The molecule has 116 valence electrons. The molecule has 0 amide bonds. The van der Waals surface area contributed by atoms with Crippen LogP contribution in [-0.2, 0) is 4.74 Å². The predicted molar refractivity (Wildman–Crippen MR) is 87.5 cm³/mol. The van der Waals surface area contributed by atoms with E-state index in [9.17, 15) is 0 Å². The van der Waals surface area contributed by atoms with Crippen LogP contribution in [0.1, 0.15) is 32.6 Å². The second-order valence-corrected chi connectivity index (χ2v) is 6.60. The maximum Gasteiger partial charge on any atom is 0.147 e. The molecule has 2 unspecified atom stereocenters. The van der Waals surface area contributed by atoms with Crippen molar-refractivity contribution in [2.75, 3.05) is 23.8 Å². The van der Waals surface area contributed by atoms with Crippen LogP contribution >= 0.6 is 23.2 Å². The van der Waals surface area contributed by atoms with Gasteiger partial charge in [0.15, 0.2) is 0 Å². The number of hydrogen-bond acceptors (Lipinski definition) is 4. The summed E-state index contributed by atoms with van der Waals surface area (Å²) in [5, 5.41) is 7.80. The first-order valence-corrected chi connectivity index (χ1v) is 8.42. The summed E-state index contributed by atoms with van der Waals surface area (Å²) in [6, 6.07) is 2.04. The number of hydrogen-bond donors (Lipinski definition) is 2. The van der Waals surface area contributed by atoms with Gasteiger partial charge in [-0.05, 0) is 37.7 Å². The largest absolute Gasteiger partial charge is 0.376 e. The van der Waals surface area contributed by atoms with Crippen LogP contribution in [0, 0.1) is 5.92 Å². The minimum Gasteiger partial charge on any atom is -0.376 e. The normalized spacial score (nSPS) is 25.1. The quantitative estimate of drug-likeness (QED) is 0.821. The Balaban J connectivity index is 1.74. The summed E-state index contributed by atoms with van der Waals surface area (Å²) >= 11 is 12.5. The van der Waals surface area contributed by atoms with Crippen molar-refractivity contribution in [2.24, 2.45) is 5.92 Å². The molecule has 2 N–H and O–H groups in total. The number of rotatable bonds is 6. The van der Waals surface area contributed by atoms with E-state index < -0.39 is 0 Å². The number of halogens is 2. The van der Waals surface area contributed by atoms with E-state index in [2.05, 4.69) is 22.5 Å². The lowest BCUT2D eigenvalue weighted by Crippen LogP contribution is -2.31. The summed E-state index contributed by atoms with van der Waals surface area (Å²) < 4.78 is 5.85. The van der Waals surface area contributed by atoms with Gasteiger partial charge >= 0.3 is 0 Å². The maximum absolute atomic E-state index is 6.28. The van der Waals surface area contributed by atoms with Gasteiger partial charge in [-0.3, -0.25) is 0 Å². The molecule has 2 heterocycles. The van der Waals surface area contributed by atoms with Crippen molar-refractivity contribution >= 4 is 34.8 Å². The Morgan fingerprint density at radius 3 is 2.71 bits per heavy atom. The Hall–Kier alpha value is -0.710. The van der Waals surface area contributed by atoms with Gasteiger partial charge in [0.2, 0.25) is 0 Å². The number of anilines is 2. The second kappa shape index (κ2) is 6.59. The Bertz CT molecular complexity index is 508. The van der Waals surface area contributed by atoms with Crippen molar-refractivity contribution < 1.29 is 4.74 Å². The van der Waals surface area contributed by atoms with E-state index >= 15 is 0 Å². The fourth-order valence-corrected chi connectivity index (χ4v) is 3.25. The first-order valence-electron chi connectivity index (χ1n) is 7.67. The summed E-state index contributed by atoms with van der Waals surface area (Å²) in [6.07, 6.45) is 4.86. The van der Waals surface area contributed by atoms with Crippen molar-refractivity contribution in [3.8, 4) is 0 Å². The summed E-state index contributed by atoms with van der Waals surface area (Å²) in [5.41, 5.74) is 0. The molecule has 0 aromatic carbocycles. The van der Waals surface area contributed by atoms with Gasteiger partial charge < -0.3 is 15.4 Å². The van der Waals surface area contributed by atoms with E-state index in [0.29, 0.717) is 39.7 Å². The minimum atomic E-state index is 0.294. The zero-order chi connectivity index (χ0) is 14.8. The molecule has 1 saturated heterocycles. The number of nitrogens with one attached hydrogen (secondary N) is 2. The second-order valence-electron chi connectivity index (χ2n) is 5.79. The molecule has 1 aromatic rings. The Morgan fingerprint density at radius 2 is 2.00 bits per heavy atom. The molecule has 21 heavy (non-hydrogen) atoms. The average Bonchev–Trinajstić information content (AvgIpc) is 3.20. The molecule has 0 bridgehead atoms. The summed E-state index contributed by atoms with van der Waals surface area (Å²) in [4.78, 5) is 4.55. The Morgan fingerprint density at radius 1 is 1.24 bits per heavy atom. The van der Waals surface area contributed by atoms with Crippen LogP contribution in [0.25, 0.3) is 0 Å². The van der Waals surface area contributed by atoms with Gasteiger partial charge in [0.1, 0.15) is 11.6 Å². The van der Waals surface area contributed by atoms with Gasteiger partial charge in [-0.1, -0.05) is 30.1 Å². The molecular weight excluding hydrogens is 309 g/mol. The standard InChI is InChI=1S/C15H21Cl2N3O/c1-2-6-18-14-10(16)8-11(17)15(20-14)19-12-5-7-21-13(12)9-3-4-9/h8-9,12-13H,2-7H2,1H3,(H2,18,19,20). The van der Waals surface area contributed by atoms with Gasteiger partial charge in [0, 0.05) is 13.2 Å². The third-order valence-electron chi connectivity index (χ3n) is 4.02. The Labute approximate surface area is 135 Å². The molecule has 0 radical (unpaired) electrons. The number of aromatic nitrogens is 1. The highest BCUT2D eigenvalue weighted by Crippen LogP contribution is 2.40. The monoisotopic (exact) mass is 329 g/mol. The van der Waals surface area contributed by atoms with Crippen molar-refractivity contribution in [1.29, 1.82) is 0 Å². The first kappa shape index (κ1) is 15.2. The fraction of sp³-hybridized carbons (Fsp3) is 0.667. The van der Waals surface area contributed by atoms with E-state index in [1.165, 1.54) is 12.8 Å². The summed E-state index contributed by atoms with van der Waals surface area (Å²) in [6.45, 7) is 3.75. The molecule has 2 atom stereocenters. The van der Waals surface area contributed by atoms with Crippen LogP contribution < -0.4 is 10.6 Å². The number of nitrogens with zero attached hydrogens (tertiary/aromatic N) is 1. The van der Waals surface area contributed by atoms with Gasteiger partial charge in [-0.2, -0.15) is 0 Å². The molecule has 2 fully saturated rings. The molecule has 3 rings (SSSR count). The lowest BCUT2D eigenvalue weighted by Gasteiger charge is -2.21. The topological polar surface area (TPSA) is 46.2 Å². The van der Waals surface area contributed by atoms with Crippen molar-refractivity contribution in [3.05, 3.63) is 16.1 Å². The molecule has 1 saturated carbocycles. The van der Waals surface area contributed by atoms with E-state index in [1.807, 2.05) is 0 Å². The predicted octanol–water partition coefficient (Wildman–Crippen LogP) is 4.19. The van der Waals surface area contributed by atoms with E-state index in [-0.39, 0.29) is 0 Å². The highest BCUT2D eigenvalue weighted by Gasteiger charge is 2.40. The van der Waals surface area contributed by atoms with Crippen LogP contribution in [0.3, 0.4) is 0 Å². The van der Waals surface area contributed by atoms with Crippen LogP contribution in [0.4, 0.5) is 11.6 Å². The lowest BCUT2D eigenvalue weighted by molar-refractivity contribution is 0.0898. The fourth-order valence-electron chi connectivity index (χ4n) is 2.77. The zero-order valence-corrected chi connectivity index (χ0v) is 13.7. The molecule has 1 aliphatic carbocycles. The first-order chi connectivity index (χ1) is 10.2. The molecular formula is C15H21Cl2N3O. The van der Waals surface area contributed by atoms with E-state index in [0.717, 1.165) is 26.0 Å². The Kier molecular flexibility index (Phi) is 4.77. The van der Waals surface area contributed by atoms with Crippen molar-refractivity contribution in [1.82, 2.24) is 4.98 Å². The van der Waals surface area contributed by atoms with Crippen molar-refractivity contribution in [3.63, 3.8) is 0 Å². The number of pyridine rings is 1. The maximum atomic E-state index is 6.28. The molecule has 0 spiro atoms. The third kappa shape index (κ3) is 3.55. The zero-order valence-electron chi connectivity index (χ0n) is 12.2. The smallest absolute Gasteiger partial charge is 0.147 e. The summed E-state index contributed by atoms with van der Waals surface area (Å²) in [7, 11) is 0. The van der Waals surface area contributed by atoms with Crippen LogP contribution in [0.15, 0.2) is 6.07 Å². The highest BCUT2D eigenvalue weighted by atomic mass is 35.5. The van der Waals surface area contributed by atoms with Gasteiger partial charge in [0.25, 0.3) is 0 Å². The van der Waals surface area contributed by atoms with Gasteiger partial charge in [-0.15, -0.1) is 0 Å². The molecule has 1 aliphatic heterocycles. The van der Waals surface area contributed by atoms with Crippen LogP contribution in [-0.4, -0.2) is 30.3 Å². The van der Waals surface area contributed by atoms with Crippen LogP contribution in [0.2, 0.25) is 10.0 Å². The van der Waals surface area contributed by atoms with Crippen molar-refractivity contribution in [2.45, 2.75) is 44.8 Å².